The minimum atomic E-state index is -0.217. The van der Waals surface area contributed by atoms with Crippen LogP contribution in [0.5, 0.6) is 5.75 Å². The Morgan fingerprint density at radius 1 is 1.47 bits per heavy atom. The summed E-state index contributed by atoms with van der Waals surface area (Å²) < 4.78 is 10.2. The van der Waals surface area contributed by atoms with E-state index in [1.165, 1.54) is 0 Å². The lowest BCUT2D eigenvalue weighted by Crippen LogP contribution is -2.16. The largest absolute Gasteiger partial charge is 0.497 e. The maximum absolute atomic E-state index is 11.4. The van der Waals surface area contributed by atoms with E-state index in [1.807, 2.05) is 31.2 Å². The van der Waals surface area contributed by atoms with Crippen molar-refractivity contribution in [3.63, 3.8) is 0 Å². The standard InChI is InChI=1S/C13H19NO3/c1-10(8-14)6-13(15)17-9-11-4-3-5-12(7-11)16-2/h3-5,7,10H,6,8-9,14H2,1-2H3. The Kier molecular flexibility index (Phi) is 5.49. The Bertz CT molecular complexity index is 365. The van der Waals surface area contributed by atoms with E-state index in [2.05, 4.69) is 0 Å². The highest BCUT2D eigenvalue weighted by Crippen LogP contribution is 2.13. The van der Waals surface area contributed by atoms with E-state index in [9.17, 15) is 4.79 Å². The van der Waals surface area contributed by atoms with Gasteiger partial charge in [-0.25, -0.2) is 0 Å². The second-order valence-electron chi connectivity index (χ2n) is 4.06. The SMILES string of the molecule is COc1cccc(COC(=O)CC(C)CN)c1. The van der Waals surface area contributed by atoms with E-state index in [-0.39, 0.29) is 18.5 Å². The average Bonchev–Trinajstić information content (AvgIpc) is 2.36. The van der Waals surface area contributed by atoms with Crippen LogP contribution in [0.15, 0.2) is 24.3 Å². The molecule has 17 heavy (non-hydrogen) atoms. The lowest BCUT2D eigenvalue weighted by atomic mass is 10.1. The molecule has 1 aromatic rings. The van der Waals surface area contributed by atoms with Crippen molar-refractivity contribution in [1.29, 1.82) is 0 Å². The van der Waals surface area contributed by atoms with Gasteiger partial charge in [-0.15, -0.1) is 0 Å². The number of nitrogens with two attached hydrogens (primary N) is 1. The van der Waals surface area contributed by atoms with Gasteiger partial charge in [0.05, 0.1) is 7.11 Å². The van der Waals surface area contributed by atoms with Crippen LogP contribution in [-0.2, 0) is 16.1 Å². The number of hydrogen-bond acceptors (Lipinski definition) is 4. The maximum atomic E-state index is 11.4. The van der Waals surface area contributed by atoms with Gasteiger partial charge in [0.1, 0.15) is 12.4 Å². The molecular weight excluding hydrogens is 218 g/mol. The number of ether oxygens (including phenoxy) is 2. The fraction of sp³-hybridized carbons (Fsp3) is 0.462. The van der Waals surface area contributed by atoms with Crippen molar-refractivity contribution in [2.75, 3.05) is 13.7 Å². The third-order valence-corrected chi connectivity index (χ3v) is 2.45. The second-order valence-corrected chi connectivity index (χ2v) is 4.06. The Hall–Kier alpha value is -1.55. The van der Waals surface area contributed by atoms with Crippen LogP contribution >= 0.6 is 0 Å². The first-order valence-electron chi connectivity index (χ1n) is 5.64. The first-order valence-corrected chi connectivity index (χ1v) is 5.64. The van der Waals surface area contributed by atoms with Gasteiger partial charge in [0.2, 0.25) is 0 Å². The molecule has 0 aromatic heterocycles. The van der Waals surface area contributed by atoms with Crippen LogP contribution in [0, 0.1) is 5.92 Å². The highest BCUT2D eigenvalue weighted by molar-refractivity contribution is 5.69. The summed E-state index contributed by atoms with van der Waals surface area (Å²) in [5.74, 6) is 0.701. The van der Waals surface area contributed by atoms with Crippen LogP contribution in [0.2, 0.25) is 0 Å². The molecule has 0 saturated carbocycles. The molecule has 0 bridgehead atoms. The number of carbonyl (C=O) groups excluding carboxylic acids is 1. The van der Waals surface area contributed by atoms with Crippen molar-refractivity contribution in [2.24, 2.45) is 11.7 Å². The molecule has 0 radical (unpaired) electrons. The lowest BCUT2D eigenvalue weighted by Gasteiger charge is -2.09. The van der Waals surface area contributed by atoms with Gasteiger partial charge in [-0.3, -0.25) is 4.79 Å². The van der Waals surface area contributed by atoms with Crippen molar-refractivity contribution in [2.45, 2.75) is 20.0 Å². The number of methoxy groups -OCH3 is 1. The van der Waals surface area contributed by atoms with Crippen molar-refractivity contribution in [3.05, 3.63) is 29.8 Å². The van der Waals surface area contributed by atoms with E-state index >= 15 is 0 Å². The van der Waals surface area contributed by atoms with Crippen LogP contribution in [0.3, 0.4) is 0 Å². The Morgan fingerprint density at radius 3 is 2.88 bits per heavy atom. The summed E-state index contributed by atoms with van der Waals surface area (Å²) in [6.45, 7) is 2.69. The zero-order chi connectivity index (χ0) is 12.7. The topological polar surface area (TPSA) is 61.5 Å². The van der Waals surface area contributed by atoms with Crippen molar-refractivity contribution >= 4 is 5.97 Å². The van der Waals surface area contributed by atoms with Gasteiger partial charge in [-0.2, -0.15) is 0 Å². The number of esters is 1. The van der Waals surface area contributed by atoms with E-state index < -0.39 is 0 Å². The molecule has 0 saturated heterocycles. The van der Waals surface area contributed by atoms with Crippen LogP contribution < -0.4 is 10.5 Å². The predicted octanol–water partition coefficient (Wildman–Crippen LogP) is 1.72. The van der Waals surface area contributed by atoms with Gasteiger partial charge in [-0.05, 0) is 30.2 Å². The third-order valence-electron chi connectivity index (χ3n) is 2.45. The molecule has 1 unspecified atom stereocenters. The summed E-state index contributed by atoms with van der Waals surface area (Å²) in [5.41, 5.74) is 6.36. The zero-order valence-corrected chi connectivity index (χ0v) is 10.3. The number of carbonyl (C=O) groups is 1. The normalized spacial score (nSPS) is 11.9. The summed E-state index contributed by atoms with van der Waals surface area (Å²) in [5, 5.41) is 0. The summed E-state index contributed by atoms with van der Waals surface area (Å²) in [6, 6.07) is 7.45. The van der Waals surface area contributed by atoms with Crippen LogP contribution in [0.1, 0.15) is 18.9 Å². The van der Waals surface area contributed by atoms with Crippen molar-refractivity contribution < 1.29 is 14.3 Å². The van der Waals surface area contributed by atoms with Gasteiger partial charge in [0.25, 0.3) is 0 Å². The van der Waals surface area contributed by atoms with Crippen LogP contribution in [-0.4, -0.2) is 19.6 Å². The first kappa shape index (κ1) is 13.5. The van der Waals surface area contributed by atoms with Gasteiger partial charge < -0.3 is 15.2 Å². The minimum Gasteiger partial charge on any atom is -0.497 e. The van der Waals surface area contributed by atoms with E-state index in [4.69, 9.17) is 15.2 Å². The van der Waals surface area contributed by atoms with E-state index in [0.29, 0.717) is 13.0 Å². The maximum Gasteiger partial charge on any atom is 0.306 e. The third kappa shape index (κ3) is 4.87. The van der Waals surface area contributed by atoms with Gasteiger partial charge >= 0.3 is 5.97 Å². The molecule has 0 heterocycles. The number of benzene rings is 1. The summed E-state index contributed by atoms with van der Waals surface area (Å²) in [7, 11) is 1.61. The Balaban J connectivity index is 2.41. The monoisotopic (exact) mass is 237 g/mol. The molecule has 2 N–H and O–H groups in total. The molecule has 4 nitrogen and oxygen atoms in total. The fourth-order valence-corrected chi connectivity index (χ4v) is 1.35. The molecule has 0 aliphatic heterocycles. The molecule has 0 spiro atoms. The molecule has 1 aromatic carbocycles. The van der Waals surface area contributed by atoms with Crippen LogP contribution in [0.25, 0.3) is 0 Å². The highest BCUT2D eigenvalue weighted by Gasteiger charge is 2.08. The molecular formula is C13H19NO3. The van der Waals surface area contributed by atoms with Gasteiger partial charge in [0.15, 0.2) is 0 Å². The first-order chi connectivity index (χ1) is 8.15. The van der Waals surface area contributed by atoms with E-state index in [0.717, 1.165) is 11.3 Å². The lowest BCUT2D eigenvalue weighted by molar-refractivity contribution is -0.145. The van der Waals surface area contributed by atoms with Crippen LogP contribution in [0.4, 0.5) is 0 Å². The summed E-state index contributed by atoms with van der Waals surface area (Å²) >= 11 is 0. The quantitative estimate of drug-likeness (QED) is 0.765. The predicted molar refractivity (Wildman–Crippen MR) is 65.6 cm³/mol. The Morgan fingerprint density at radius 2 is 2.24 bits per heavy atom. The zero-order valence-electron chi connectivity index (χ0n) is 10.3. The number of rotatable bonds is 6. The molecule has 94 valence electrons. The van der Waals surface area contributed by atoms with Crippen molar-refractivity contribution in [3.8, 4) is 5.75 Å². The molecule has 4 heteroatoms. The molecule has 0 aliphatic carbocycles. The molecule has 0 aliphatic rings. The minimum absolute atomic E-state index is 0.160. The fourth-order valence-electron chi connectivity index (χ4n) is 1.35. The van der Waals surface area contributed by atoms with Gasteiger partial charge in [-0.1, -0.05) is 19.1 Å². The molecule has 0 fully saturated rings. The molecule has 1 atom stereocenters. The summed E-state index contributed by atoms with van der Waals surface area (Å²) in [6.07, 6.45) is 0.362. The molecule has 0 amide bonds. The summed E-state index contributed by atoms with van der Waals surface area (Å²) in [4.78, 5) is 11.4. The Labute approximate surface area is 102 Å². The average molecular weight is 237 g/mol. The van der Waals surface area contributed by atoms with E-state index in [1.54, 1.807) is 7.11 Å². The number of hydrogen-bond donors (Lipinski definition) is 1. The van der Waals surface area contributed by atoms with Crippen molar-refractivity contribution in [1.82, 2.24) is 0 Å². The smallest absolute Gasteiger partial charge is 0.306 e. The highest BCUT2D eigenvalue weighted by atomic mass is 16.5. The second kappa shape index (κ2) is 6.91. The molecule has 1 rings (SSSR count). The van der Waals surface area contributed by atoms with Gasteiger partial charge in [0, 0.05) is 6.42 Å².